The maximum Gasteiger partial charge on any atom is 0.0870 e. The van der Waals surface area contributed by atoms with E-state index in [1.807, 2.05) is 31.6 Å². The summed E-state index contributed by atoms with van der Waals surface area (Å²) in [6.07, 6.45) is 11.9. The highest BCUT2D eigenvalue weighted by Gasteiger charge is 2.41. The first-order valence-electron chi connectivity index (χ1n) is 17.8. The van der Waals surface area contributed by atoms with Crippen molar-refractivity contribution >= 4 is 75.6 Å². The Morgan fingerprint density at radius 2 is 1.39 bits per heavy atom. The zero-order valence-corrected chi connectivity index (χ0v) is 39.4. The molecule has 44 heavy (non-hydrogen) atoms. The molecule has 0 radical (unpaired) electrons. The maximum absolute atomic E-state index is 5.77. The summed E-state index contributed by atoms with van der Waals surface area (Å²) in [7, 11) is -4.77. The van der Waals surface area contributed by atoms with E-state index < -0.39 is 32.3 Å². The molecule has 1 saturated heterocycles. The fraction of sp³-hybridized carbons (Fsp3) is 0.588. The lowest BCUT2D eigenvalue weighted by Gasteiger charge is -2.41. The molecule has 0 spiro atoms. The Morgan fingerprint density at radius 1 is 0.818 bits per heavy atom. The van der Waals surface area contributed by atoms with Crippen molar-refractivity contribution in [3.05, 3.63) is 79.8 Å². The molecule has 0 saturated carbocycles. The quantitative estimate of drug-likeness (QED) is 0.0761. The predicted octanol–water partition coefficient (Wildman–Crippen LogP) is 6.79. The van der Waals surface area contributed by atoms with Crippen molar-refractivity contribution in [2.24, 2.45) is 0 Å². The minimum Gasteiger partial charge on any atom is -0.501 e. The molecule has 1 heterocycles. The van der Waals surface area contributed by atoms with Gasteiger partial charge in [0.1, 0.15) is 0 Å². The van der Waals surface area contributed by atoms with Gasteiger partial charge in [0.25, 0.3) is 0 Å². The van der Waals surface area contributed by atoms with Gasteiger partial charge in [-0.3, -0.25) is 0 Å². The molecule has 2 rings (SSSR count). The molecule has 248 valence electrons. The second kappa shape index (κ2) is 20.7. The Labute approximate surface area is 286 Å². The van der Waals surface area contributed by atoms with Crippen LogP contribution in [0.15, 0.2) is 79.8 Å². The molecule has 0 aliphatic carbocycles. The van der Waals surface area contributed by atoms with Crippen molar-refractivity contribution in [1.29, 1.82) is 0 Å². The molecule has 0 N–H and O–H groups in total. The van der Waals surface area contributed by atoms with Crippen LogP contribution in [0.25, 0.3) is 0 Å². The molecular weight excluding hydrogens is 665 g/mol. The van der Waals surface area contributed by atoms with Gasteiger partial charge in [-0.15, -0.1) is 0 Å². The summed E-state index contributed by atoms with van der Waals surface area (Å²) >= 11 is 0. The molecule has 1 fully saturated rings. The van der Waals surface area contributed by atoms with Crippen LogP contribution < -0.4 is 5.19 Å². The van der Waals surface area contributed by atoms with Crippen LogP contribution in [0.4, 0.5) is 0 Å². The largest absolute Gasteiger partial charge is 0.501 e. The number of allylic oxidation sites excluding steroid dienone is 4. The summed E-state index contributed by atoms with van der Waals surface area (Å²) < 4.78 is 11.4. The van der Waals surface area contributed by atoms with Crippen molar-refractivity contribution in [2.45, 2.75) is 110 Å². The van der Waals surface area contributed by atoms with E-state index in [0.717, 1.165) is 18.8 Å². The monoisotopic (exact) mass is 732 g/mol. The smallest absolute Gasteiger partial charge is 0.0870 e. The Morgan fingerprint density at radius 3 is 1.95 bits per heavy atom. The third kappa shape index (κ3) is 16.4. The third-order valence-electron chi connectivity index (χ3n) is 10.2. The number of rotatable bonds is 17. The Bertz CT molecular complexity index is 1030. The first-order valence-corrected chi connectivity index (χ1v) is 38.4. The summed E-state index contributed by atoms with van der Waals surface area (Å²) in [5, 5.41) is 1.79. The van der Waals surface area contributed by atoms with Crippen LogP contribution in [-0.2, 0) is 9.47 Å². The van der Waals surface area contributed by atoms with Gasteiger partial charge in [-0.25, -0.2) is 0 Å². The van der Waals surface area contributed by atoms with E-state index in [0.29, 0.717) is 0 Å². The average Bonchev–Trinajstić information content (AvgIpc) is 2.95. The van der Waals surface area contributed by atoms with Crippen LogP contribution >= 0.6 is 0 Å². The van der Waals surface area contributed by atoms with E-state index >= 15 is 0 Å². The average molecular weight is 734 g/mol. The fourth-order valence-electron chi connectivity index (χ4n) is 8.09. The fourth-order valence-corrected chi connectivity index (χ4v) is 76.4. The number of hydrogen-bond donors (Lipinski definition) is 0. The Kier molecular flexibility index (Phi) is 18.7. The van der Waals surface area contributed by atoms with Crippen molar-refractivity contribution in [1.82, 2.24) is 0 Å². The van der Waals surface area contributed by atoms with Crippen LogP contribution in [-0.4, -0.2) is 83.6 Å². The van der Waals surface area contributed by atoms with E-state index in [-0.39, 0.29) is 38.1 Å². The lowest BCUT2D eigenvalue weighted by Crippen LogP contribution is -2.54. The molecule has 0 bridgehead atoms. The summed E-state index contributed by atoms with van der Waals surface area (Å²) in [4.78, 5) is 0. The van der Waals surface area contributed by atoms with E-state index in [2.05, 4.69) is 76.2 Å². The number of benzene rings is 1. The zero-order chi connectivity index (χ0) is 32.4. The summed E-state index contributed by atoms with van der Waals surface area (Å²) in [5.41, 5.74) is 14.9. The van der Waals surface area contributed by atoms with E-state index in [4.69, 9.17) is 9.47 Å². The van der Waals surface area contributed by atoms with Crippen LogP contribution in [0.3, 0.4) is 0 Å². The molecule has 1 aliphatic heterocycles. The normalized spacial score (nSPS) is 28.2. The summed E-state index contributed by atoms with van der Waals surface area (Å²) in [5.74, 6) is 0. The first kappa shape index (κ1) is 39.7. The molecule has 0 aromatic heterocycles. The van der Waals surface area contributed by atoms with Crippen molar-refractivity contribution in [2.75, 3.05) is 13.2 Å². The molecule has 0 amide bonds. The molecule has 3 atom stereocenters. The molecule has 1 aromatic carbocycles. The molecular formula is C34H68O2Si8. The molecule has 1 aliphatic rings. The van der Waals surface area contributed by atoms with Crippen LogP contribution in [0, 0.1) is 0 Å². The number of ether oxygens (including phenoxy) is 2. The van der Waals surface area contributed by atoms with Crippen LogP contribution in [0.5, 0.6) is 0 Å². The lowest BCUT2D eigenvalue weighted by atomic mass is 10.3. The first-order chi connectivity index (χ1) is 20.9. The second-order valence-corrected chi connectivity index (χ2v) is 50.2. The molecule has 10 heteroatoms. The third-order valence-corrected chi connectivity index (χ3v) is 65.3. The number of hydrogen-bond acceptors (Lipinski definition) is 2. The Hall–Kier alpha value is -0.485. The molecule has 2 nitrogen and oxygen atoms in total. The molecule has 3 unspecified atom stereocenters. The van der Waals surface area contributed by atoms with Gasteiger partial charge in [-0.1, -0.05) is 150 Å². The van der Waals surface area contributed by atoms with Crippen LogP contribution in [0.2, 0.25) is 90.2 Å². The highest BCUT2D eigenvalue weighted by Crippen LogP contribution is 2.35. The Balaban J connectivity index is 2.12. The van der Waals surface area contributed by atoms with Crippen molar-refractivity contribution in [3.63, 3.8) is 0 Å². The van der Waals surface area contributed by atoms with Gasteiger partial charge < -0.3 is 9.47 Å². The minimum atomic E-state index is -1.38. The standard InChI is InChI=1S/C34H68O2Si8/c1-9-10-19-35-20-14-23-37-26-42(6)28-39-25-41(4,5)31-44(8,34-16-12-11-13-17-34)30-40-29-43(7,32-42)27-38-24-15-21-36-22-18-33(2)3/h9-13,16-19,22H,1-2,14-15,20-21,23-32,37-40H2,3-8H3. The van der Waals surface area contributed by atoms with Gasteiger partial charge in [0.2, 0.25) is 0 Å². The zero-order valence-electron chi connectivity index (χ0n) is 29.7. The van der Waals surface area contributed by atoms with Gasteiger partial charge >= 0.3 is 0 Å². The van der Waals surface area contributed by atoms with Crippen LogP contribution in [0.1, 0.15) is 19.8 Å². The van der Waals surface area contributed by atoms with Gasteiger partial charge in [0, 0.05) is 62.3 Å². The van der Waals surface area contributed by atoms with E-state index in [1.165, 1.54) is 24.9 Å². The lowest BCUT2D eigenvalue weighted by molar-refractivity contribution is 0.249. The topological polar surface area (TPSA) is 18.5 Å². The van der Waals surface area contributed by atoms with E-state index in [1.54, 1.807) is 56.6 Å². The SMILES string of the molecule is C=CC=COCCC[SiH2]C[Si]1(C)C[SiH2]C[Si](C)(C)C[Si](C)(c2ccccc2)C[SiH2]C[Si](C)(C[SiH2]CCCOC=CC(=C)C)C1. The van der Waals surface area contributed by atoms with E-state index in [9.17, 15) is 0 Å². The maximum atomic E-state index is 5.77. The molecule has 1 aromatic rings. The van der Waals surface area contributed by atoms with Gasteiger partial charge in [0.15, 0.2) is 0 Å². The van der Waals surface area contributed by atoms with Crippen molar-refractivity contribution in [3.8, 4) is 0 Å². The second-order valence-electron chi connectivity index (χ2n) is 15.8. The highest BCUT2D eigenvalue weighted by atomic mass is 28.4. The van der Waals surface area contributed by atoms with Gasteiger partial charge in [-0.2, -0.15) is 0 Å². The van der Waals surface area contributed by atoms with Gasteiger partial charge in [-0.05, 0) is 31.9 Å². The summed E-state index contributed by atoms with van der Waals surface area (Å²) in [6, 6.07) is 14.9. The minimum absolute atomic E-state index is 0.00991. The van der Waals surface area contributed by atoms with Gasteiger partial charge in [0.05, 0.1) is 33.8 Å². The van der Waals surface area contributed by atoms with Crippen molar-refractivity contribution < 1.29 is 9.47 Å². The highest BCUT2D eigenvalue weighted by molar-refractivity contribution is 7.10. The summed E-state index contributed by atoms with van der Waals surface area (Å²) in [6.45, 7) is 25.7. The predicted molar refractivity (Wildman–Crippen MR) is 225 cm³/mol.